The van der Waals surface area contributed by atoms with Crippen LogP contribution in [0.1, 0.15) is 73.8 Å². The molecular formula is C26H34N2O. The van der Waals surface area contributed by atoms with Crippen LogP contribution < -0.4 is 5.32 Å². The second-order valence-electron chi connectivity index (χ2n) is 8.61. The van der Waals surface area contributed by atoms with Gasteiger partial charge in [-0.1, -0.05) is 57.5 Å². The fourth-order valence-electron chi connectivity index (χ4n) is 3.90. The van der Waals surface area contributed by atoms with Crippen molar-refractivity contribution < 1.29 is 4.79 Å². The zero-order valence-electron chi connectivity index (χ0n) is 18.5. The number of carbonyl (C=O) groups is 1. The molecule has 3 nitrogen and oxygen atoms in total. The molecule has 1 heterocycles. The maximum Gasteiger partial charge on any atom is 0.251 e. The lowest BCUT2D eigenvalue weighted by atomic mass is 10.0. The van der Waals surface area contributed by atoms with Gasteiger partial charge in [0.2, 0.25) is 0 Å². The highest BCUT2D eigenvalue weighted by Gasteiger charge is 2.14. The summed E-state index contributed by atoms with van der Waals surface area (Å²) in [4.78, 5) is 12.9. The summed E-state index contributed by atoms with van der Waals surface area (Å²) in [5, 5.41) is 4.37. The highest BCUT2D eigenvalue weighted by atomic mass is 16.1. The molecule has 1 amide bonds. The zero-order chi connectivity index (χ0) is 21.0. The molecule has 0 aliphatic rings. The van der Waals surface area contributed by atoms with Crippen molar-refractivity contribution in [3.8, 4) is 0 Å². The lowest BCUT2D eigenvalue weighted by molar-refractivity contribution is 0.0940. The monoisotopic (exact) mass is 390 g/mol. The molecule has 3 heteroatoms. The van der Waals surface area contributed by atoms with Crippen molar-refractivity contribution in [2.45, 2.75) is 66.5 Å². The van der Waals surface area contributed by atoms with Crippen LogP contribution in [0.2, 0.25) is 0 Å². The summed E-state index contributed by atoms with van der Waals surface area (Å²) in [7, 11) is 0. The predicted molar refractivity (Wildman–Crippen MR) is 122 cm³/mol. The molecule has 0 saturated heterocycles. The van der Waals surface area contributed by atoms with E-state index in [2.05, 4.69) is 80.9 Å². The van der Waals surface area contributed by atoms with Crippen LogP contribution in [0.3, 0.4) is 0 Å². The van der Waals surface area contributed by atoms with Gasteiger partial charge in [-0.2, -0.15) is 0 Å². The van der Waals surface area contributed by atoms with Crippen LogP contribution >= 0.6 is 0 Å². The number of nitrogens with one attached hydrogen (secondary N) is 1. The molecule has 29 heavy (non-hydrogen) atoms. The van der Waals surface area contributed by atoms with Gasteiger partial charge < -0.3 is 9.88 Å². The Morgan fingerprint density at radius 3 is 2.59 bits per heavy atom. The number of amides is 1. The van der Waals surface area contributed by atoms with Crippen LogP contribution in [0.15, 0.2) is 48.5 Å². The highest BCUT2D eigenvalue weighted by molar-refractivity contribution is 5.98. The minimum absolute atomic E-state index is 0.0201. The van der Waals surface area contributed by atoms with Gasteiger partial charge >= 0.3 is 0 Å². The summed E-state index contributed by atoms with van der Waals surface area (Å²) in [6.07, 6.45) is 3.48. The van der Waals surface area contributed by atoms with Crippen LogP contribution in [-0.4, -0.2) is 10.5 Å². The second-order valence-corrected chi connectivity index (χ2v) is 8.61. The van der Waals surface area contributed by atoms with Crippen LogP contribution in [0.25, 0.3) is 10.9 Å². The molecule has 1 atom stereocenters. The van der Waals surface area contributed by atoms with Gasteiger partial charge in [-0.05, 0) is 67.3 Å². The van der Waals surface area contributed by atoms with Gasteiger partial charge in [-0.25, -0.2) is 0 Å². The molecule has 0 spiro atoms. The molecular weight excluding hydrogens is 356 g/mol. The van der Waals surface area contributed by atoms with E-state index >= 15 is 0 Å². The summed E-state index contributed by atoms with van der Waals surface area (Å²) < 4.78 is 2.32. The van der Waals surface area contributed by atoms with Crippen molar-refractivity contribution in [3.05, 3.63) is 70.9 Å². The van der Waals surface area contributed by atoms with E-state index in [0.717, 1.165) is 29.6 Å². The number of carbonyl (C=O) groups excluding carboxylic acids is 1. The molecule has 1 aromatic heterocycles. The van der Waals surface area contributed by atoms with Crippen molar-refractivity contribution in [2.75, 3.05) is 0 Å². The Hall–Kier alpha value is -2.55. The van der Waals surface area contributed by atoms with Crippen LogP contribution in [0.4, 0.5) is 0 Å². The van der Waals surface area contributed by atoms with Crippen molar-refractivity contribution in [1.29, 1.82) is 0 Å². The molecule has 2 aromatic carbocycles. The first-order valence-corrected chi connectivity index (χ1v) is 10.9. The molecule has 3 aromatic rings. The Balaban J connectivity index is 1.79. The first-order valence-electron chi connectivity index (χ1n) is 10.9. The average Bonchev–Trinajstić information content (AvgIpc) is 3.00. The van der Waals surface area contributed by atoms with E-state index in [1.165, 1.54) is 29.5 Å². The fraction of sp³-hybridized carbons (Fsp3) is 0.423. The molecule has 0 aliphatic heterocycles. The zero-order valence-corrected chi connectivity index (χ0v) is 18.5. The lowest BCUT2D eigenvalue weighted by Crippen LogP contribution is -2.26. The van der Waals surface area contributed by atoms with Crippen molar-refractivity contribution in [3.63, 3.8) is 0 Å². The van der Waals surface area contributed by atoms with Crippen molar-refractivity contribution >= 4 is 16.8 Å². The van der Waals surface area contributed by atoms with Gasteiger partial charge in [0.1, 0.15) is 0 Å². The topological polar surface area (TPSA) is 34.0 Å². The summed E-state index contributed by atoms with van der Waals surface area (Å²) in [5.41, 5.74) is 5.59. The average molecular weight is 391 g/mol. The van der Waals surface area contributed by atoms with E-state index in [0.29, 0.717) is 5.92 Å². The van der Waals surface area contributed by atoms with Crippen LogP contribution in [0.5, 0.6) is 0 Å². The van der Waals surface area contributed by atoms with Crippen molar-refractivity contribution in [2.24, 2.45) is 5.92 Å². The number of rotatable bonds is 8. The molecule has 0 fully saturated rings. The van der Waals surface area contributed by atoms with E-state index in [1.807, 2.05) is 12.1 Å². The quantitative estimate of drug-likeness (QED) is 0.472. The van der Waals surface area contributed by atoms with E-state index in [4.69, 9.17) is 0 Å². The minimum atomic E-state index is -0.0241. The Morgan fingerprint density at radius 1 is 1.07 bits per heavy atom. The smallest absolute Gasteiger partial charge is 0.251 e. The Morgan fingerprint density at radius 2 is 1.86 bits per heavy atom. The number of unbranched alkanes of at least 4 members (excludes halogenated alkanes) is 1. The van der Waals surface area contributed by atoms with Gasteiger partial charge in [-0.3, -0.25) is 4.79 Å². The van der Waals surface area contributed by atoms with Crippen molar-refractivity contribution in [1.82, 2.24) is 9.88 Å². The fourth-order valence-corrected chi connectivity index (χ4v) is 3.90. The number of hydrogen-bond donors (Lipinski definition) is 1. The number of nitrogens with zero attached hydrogens (tertiary/aromatic N) is 1. The maximum absolute atomic E-state index is 12.9. The lowest BCUT2D eigenvalue weighted by Gasteiger charge is -2.16. The molecule has 3 rings (SSSR count). The molecule has 0 radical (unpaired) electrons. The van der Waals surface area contributed by atoms with E-state index < -0.39 is 0 Å². The predicted octanol–water partition coefficient (Wildman–Crippen LogP) is 6.44. The van der Waals surface area contributed by atoms with Gasteiger partial charge in [-0.15, -0.1) is 0 Å². The third-order valence-corrected chi connectivity index (χ3v) is 5.54. The Kier molecular flexibility index (Phi) is 6.79. The van der Waals surface area contributed by atoms with E-state index in [1.54, 1.807) is 0 Å². The number of benzene rings is 2. The van der Waals surface area contributed by atoms with E-state index in [9.17, 15) is 4.79 Å². The van der Waals surface area contributed by atoms with Gasteiger partial charge in [0.15, 0.2) is 0 Å². The standard InChI is InChI=1S/C26H34N2O/c1-6-7-9-21-10-8-11-22(15-21)20(5)27-26(29)24-13-12-23-14-19(4)28(17-18(2)3)25(23)16-24/h8,10-16,18,20H,6-7,9,17H2,1-5H3,(H,27,29)/t20-/m0/s1. The first-order chi connectivity index (χ1) is 13.9. The minimum Gasteiger partial charge on any atom is -0.346 e. The van der Waals surface area contributed by atoms with Gasteiger partial charge in [0.25, 0.3) is 5.91 Å². The Labute approximate surface area is 175 Å². The van der Waals surface area contributed by atoms with Gasteiger partial charge in [0.05, 0.1) is 6.04 Å². The van der Waals surface area contributed by atoms with E-state index in [-0.39, 0.29) is 11.9 Å². The largest absolute Gasteiger partial charge is 0.346 e. The second kappa shape index (κ2) is 9.30. The normalized spacial score (nSPS) is 12.5. The molecule has 154 valence electrons. The molecule has 0 saturated carbocycles. The summed E-state index contributed by atoms with van der Waals surface area (Å²) in [6, 6.07) is 16.8. The number of aromatic nitrogens is 1. The summed E-state index contributed by atoms with van der Waals surface area (Å²) >= 11 is 0. The third-order valence-electron chi connectivity index (χ3n) is 5.54. The molecule has 1 N–H and O–H groups in total. The van der Waals surface area contributed by atoms with Crippen LogP contribution in [0, 0.1) is 12.8 Å². The number of hydrogen-bond acceptors (Lipinski definition) is 1. The molecule has 0 bridgehead atoms. The third kappa shape index (κ3) is 5.09. The van der Waals surface area contributed by atoms with Gasteiger partial charge in [0, 0.05) is 23.3 Å². The summed E-state index contributed by atoms with van der Waals surface area (Å²) in [5.74, 6) is 0.537. The maximum atomic E-state index is 12.9. The highest BCUT2D eigenvalue weighted by Crippen LogP contribution is 2.23. The van der Waals surface area contributed by atoms with Crippen LogP contribution in [-0.2, 0) is 13.0 Å². The molecule has 0 aliphatic carbocycles. The number of aryl methyl sites for hydroxylation is 2. The Bertz CT molecular complexity index is 984. The first kappa shape index (κ1) is 21.2. The molecule has 0 unspecified atom stereocenters. The SMILES string of the molecule is CCCCc1cccc([C@H](C)NC(=O)c2ccc3cc(C)n(CC(C)C)c3c2)c1. The summed E-state index contributed by atoms with van der Waals surface area (Å²) in [6.45, 7) is 11.8. The number of fused-ring (bicyclic) bond motifs is 1.